The van der Waals surface area contributed by atoms with E-state index in [1.54, 1.807) is 11.3 Å². The van der Waals surface area contributed by atoms with E-state index in [1.165, 1.54) is 4.88 Å². The molecule has 1 fully saturated rings. The Hall–Kier alpha value is -1.72. The van der Waals surface area contributed by atoms with Crippen molar-refractivity contribution in [1.29, 1.82) is 0 Å². The summed E-state index contributed by atoms with van der Waals surface area (Å²) in [7, 11) is 0. The minimum absolute atomic E-state index is 0.341. The number of carbonyl (C=O) groups is 1. The van der Waals surface area contributed by atoms with E-state index < -0.39 is 5.97 Å². The molecule has 0 saturated carbocycles. The van der Waals surface area contributed by atoms with Crippen molar-refractivity contribution >= 4 is 17.3 Å². The Morgan fingerprint density at radius 2 is 2.19 bits per heavy atom. The largest absolute Gasteiger partial charge is 0.480 e. The second-order valence-electron chi connectivity index (χ2n) is 5.36. The van der Waals surface area contributed by atoms with Crippen molar-refractivity contribution in [2.75, 3.05) is 6.54 Å². The van der Waals surface area contributed by atoms with Gasteiger partial charge in [-0.05, 0) is 26.3 Å². The first kappa shape index (κ1) is 14.2. The summed E-state index contributed by atoms with van der Waals surface area (Å²) >= 11 is 1.67. The predicted octanol–water partition coefficient (Wildman–Crippen LogP) is 3.17. The van der Waals surface area contributed by atoms with Gasteiger partial charge >= 0.3 is 5.97 Å². The SMILES string of the molecule is Cc1nc(-c2ccccc2)sc1CN1CCC[C@H]1C(=O)O. The molecule has 0 aliphatic carbocycles. The third-order valence-corrected chi connectivity index (χ3v) is 5.10. The third-order valence-electron chi connectivity index (χ3n) is 3.91. The van der Waals surface area contributed by atoms with Crippen LogP contribution in [-0.2, 0) is 11.3 Å². The van der Waals surface area contributed by atoms with Crippen LogP contribution in [0.5, 0.6) is 0 Å². The van der Waals surface area contributed by atoms with E-state index in [0.717, 1.165) is 35.7 Å². The molecule has 0 spiro atoms. The summed E-state index contributed by atoms with van der Waals surface area (Å²) in [6.07, 6.45) is 1.71. The molecule has 1 aromatic carbocycles. The highest BCUT2D eigenvalue weighted by Crippen LogP contribution is 2.30. The molecule has 5 heteroatoms. The number of nitrogens with zero attached hydrogens (tertiary/aromatic N) is 2. The normalized spacial score (nSPS) is 19.0. The topological polar surface area (TPSA) is 53.4 Å². The van der Waals surface area contributed by atoms with Crippen molar-refractivity contribution in [1.82, 2.24) is 9.88 Å². The molecule has 1 atom stereocenters. The minimum atomic E-state index is -0.710. The van der Waals surface area contributed by atoms with E-state index in [-0.39, 0.29) is 6.04 Å². The van der Waals surface area contributed by atoms with Gasteiger partial charge in [-0.25, -0.2) is 4.98 Å². The summed E-state index contributed by atoms with van der Waals surface area (Å²) < 4.78 is 0. The number of aliphatic carboxylic acids is 1. The van der Waals surface area contributed by atoms with E-state index in [2.05, 4.69) is 22.0 Å². The maximum atomic E-state index is 11.3. The first-order valence-corrected chi connectivity index (χ1v) is 7.95. The maximum Gasteiger partial charge on any atom is 0.320 e. The number of rotatable bonds is 4. The van der Waals surface area contributed by atoms with Crippen LogP contribution in [0.3, 0.4) is 0 Å². The zero-order valence-electron chi connectivity index (χ0n) is 12.0. The van der Waals surface area contributed by atoms with Crippen LogP contribution in [0.1, 0.15) is 23.4 Å². The van der Waals surface area contributed by atoms with Gasteiger partial charge in [0.2, 0.25) is 0 Å². The van der Waals surface area contributed by atoms with Gasteiger partial charge in [0.15, 0.2) is 0 Å². The Bertz CT molecular complexity index is 639. The standard InChI is InChI=1S/C16H18N2O2S/c1-11-14(10-18-9-5-8-13(18)16(19)20)21-15(17-11)12-6-3-2-4-7-12/h2-4,6-7,13H,5,8-10H2,1H3,(H,19,20)/t13-/m0/s1. The molecule has 2 heterocycles. The van der Waals surface area contributed by atoms with Gasteiger partial charge in [-0.3, -0.25) is 9.69 Å². The second-order valence-corrected chi connectivity index (χ2v) is 6.44. The summed E-state index contributed by atoms with van der Waals surface area (Å²) in [4.78, 5) is 19.1. The molecule has 0 amide bonds. The van der Waals surface area contributed by atoms with Gasteiger partial charge in [0.25, 0.3) is 0 Å². The van der Waals surface area contributed by atoms with Crippen LogP contribution in [0.2, 0.25) is 0 Å². The second kappa shape index (κ2) is 5.95. The Balaban J connectivity index is 1.81. The van der Waals surface area contributed by atoms with Crippen molar-refractivity contribution in [3.63, 3.8) is 0 Å². The average Bonchev–Trinajstić information content (AvgIpc) is 3.08. The highest BCUT2D eigenvalue weighted by molar-refractivity contribution is 7.15. The fourth-order valence-corrected chi connectivity index (χ4v) is 3.85. The smallest absolute Gasteiger partial charge is 0.320 e. The molecule has 1 saturated heterocycles. The van der Waals surface area contributed by atoms with E-state index >= 15 is 0 Å². The highest BCUT2D eigenvalue weighted by atomic mass is 32.1. The molecule has 0 bridgehead atoms. The Labute approximate surface area is 128 Å². The molecule has 1 aliphatic heterocycles. The van der Waals surface area contributed by atoms with Gasteiger partial charge in [0, 0.05) is 17.0 Å². The summed E-state index contributed by atoms with van der Waals surface area (Å²) in [5.74, 6) is -0.710. The minimum Gasteiger partial charge on any atom is -0.480 e. The Kier molecular flexibility index (Phi) is 4.03. The van der Waals surface area contributed by atoms with Crippen molar-refractivity contribution < 1.29 is 9.90 Å². The number of aryl methyl sites for hydroxylation is 1. The molecule has 1 aliphatic rings. The van der Waals surface area contributed by atoms with Gasteiger partial charge in [-0.2, -0.15) is 0 Å². The summed E-state index contributed by atoms with van der Waals surface area (Å²) in [6.45, 7) is 3.55. The number of aromatic nitrogens is 1. The van der Waals surface area contributed by atoms with Gasteiger partial charge in [0.1, 0.15) is 11.0 Å². The monoisotopic (exact) mass is 302 g/mol. The van der Waals surface area contributed by atoms with Crippen molar-refractivity contribution in [3.8, 4) is 10.6 Å². The zero-order valence-corrected chi connectivity index (χ0v) is 12.8. The van der Waals surface area contributed by atoms with Gasteiger partial charge < -0.3 is 5.11 Å². The zero-order chi connectivity index (χ0) is 14.8. The van der Waals surface area contributed by atoms with Crippen LogP contribution in [0, 0.1) is 6.92 Å². The molecular weight excluding hydrogens is 284 g/mol. The van der Waals surface area contributed by atoms with Gasteiger partial charge in [-0.1, -0.05) is 30.3 Å². The summed E-state index contributed by atoms with van der Waals surface area (Å²) in [5.41, 5.74) is 2.13. The van der Waals surface area contributed by atoms with Crippen LogP contribution in [-0.4, -0.2) is 33.5 Å². The fourth-order valence-electron chi connectivity index (χ4n) is 2.76. The molecular formula is C16H18N2O2S. The number of carboxylic acids is 1. The van der Waals surface area contributed by atoms with Crippen molar-refractivity contribution in [3.05, 3.63) is 40.9 Å². The number of carboxylic acid groups (broad SMARTS) is 1. The van der Waals surface area contributed by atoms with E-state index in [0.29, 0.717) is 6.54 Å². The van der Waals surface area contributed by atoms with E-state index in [1.807, 2.05) is 25.1 Å². The Morgan fingerprint density at radius 1 is 1.43 bits per heavy atom. The highest BCUT2D eigenvalue weighted by Gasteiger charge is 2.31. The molecule has 21 heavy (non-hydrogen) atoms. The quantitative estimate of drug-likeness (QED) is 0.942. The lowest BCUT2D eigenvalue weighted by molar-refractivity contribution is -0.142. The predicted molar refractivity (Wildman–Crippen MR) is 83.4 cm³/mol. The molecule has 110 valence electrons. The molecule has 0 radical (unpaired) electrons. The maximum absolute atomic E-state index is 11.3. The number of hydrogen-bond acceptors (Lipinski definition) is 4. The van der Waals surface area contributed by atoms with Crippen LogP contribution in [0.4, 0.5) is 0 Å². The van der Waals surface area contributed by atoms with Crippen LogP contribution >= 0.6 is 11.3 Å². The molecule has 2 aromatic rings. The fraction of sp³-hybridized carbons (Fsp3) is 0.375. The van der Waals surface area contributed by atoms with Crippen LogP contribution in [0.15, 0.2) is 30.3 Å². The van der Waals surface area contributed by atoms with Crippen molar-refractivity contribution in [2.24, 2.45) is 0 Å². The van der Waals surface area contributed by atoms with Gasteiger partial charge in [0.05, 0.1) is 5.69 Å². The first-order valence-electron chi connectivity index (χ1n) is 7.14. The molecule has 3 rings (SSSR count). The van der Waals surface area contributed by atoms with Crippen LogP contribution in [0.25, 0.3) is 10.6 Å². The van der Waals surface area contributed by atoms with E-state index in [4.69, 9.17) is 0 Å². The lowest BCUT2D eigenvalue weighted by Crippen LogP contribution is -2.35. The number of benzene rings is 1. The molecule has 1 N–H and O–H groups in total. The third kappa shape index (κ3) is 2.99. The van der Waals surface area contributed by atoms with E-state index in [9.17, 15) is 9.90 Å². The van der Waals surface area contributed by atoms with Crippen LogP contribution < -0.4 is 0 Å². The molecule has 4 nitrogen and oxygen atoms in total. The first-order chi connectivity index (χ1) is 10.1. The number of thiazole rings is 1. The number of hydrogen-bond donors (Lipinski definition) is 1. The van der Waals surface area contributed by atoms with Gasteiger partial charge in [-0.15, -0.1) is 11.3 Å². The lowest BCUT2D eigenvalue weighted by atomic mass is 10.2. The summed E-state index contributed by atoms with van der Waals surface area (Å²) in [5, 5.41) is 10.3. The number of likely N-dealkylation sites (tertiary alicyclic amines) is 1. The average molecular weight is 302 g/mol. The molecule has 0 unspecified atom stereocenters. The molecule has 1 aromatic heterocycles. The summed E-state index contributed by atoms with van der Waals surface area (Å²) in [6, 6.07) is 9.77. The van der Waals surface area contributed by atoms with Crippen molar-refractivity contribution in [2.45, 2.75) is 32.4 Å². The lowest BCUT2D eigenvalue weighted by Gasteiger charge is -2.20. The Morgan fingerprint density at radius 3 is 2.90 bits per heavy atom.